The lowest BCUT2D eigenvalue weighted by Gasteiger charge is -2.25. The summed E-state index contributed by atoms with van der Waals surface area (Å²) in [4.78, 5) is 9.73. The van der Waals surface area contributed by atoms with Crippen LogP contribution in [0.15, 0.2) is 0 Å². The van der Waals surface area contributed by atoms with Gasteiger partial charge in [0.1, 0.15) is 12.2 Å². The third kappa shape index (κ3) is 1.66. The van der Waals surface area contributed by atoms with E-state index in [0.29, 0.717) is 0 Å². The average Bonchev–Trinajstić information content (AvgIpc) is 1.84. The van der Waals surface area contributed by atoms with E-state index in [9.17, 15) is 10.1 Å². The molecule has 0 fully saturated rings. The van der Waals surface area contributed by atoms with Crippen LogP contribution in [-0.2, 0) is 0 Å². The molecule has 5 heteroatoms. The largest absolute Gasteiger partial charge is 0.386 e. The van der Waals surface area contributed by atoms with Crippen molar-refractivity contribution in [3.63, 3.8) is 0 Å². The van der Waals surface area contributed by atoms with Gasteiger partial charge >= 0.3 is 0 Å². The number of aliphatic hydroxyl groups is 2. The SMILES string of the molecule is C[C@@H](O)C(C)([C@@H](C)O)[N+](=O)[O-]. The molecule has 0 amide bonds. The molecule has 2 atom stereocenters. The molecule has 0 heterocycles. The highest BCUT2D eigenvalue weighted by Crippen LogP contribution is 2.18. The minimum absolute atomic E-state index is 0.664. The van der Waals surface area contributed by atoms with Crippen LogP contribution in [-0.4, -0.2) is 32.9 Å². The van der Waals surface area contributed by atoms with Crippen molar-refractivity contribution in [1.29, 1.82) is 0 Å². The van der Waals surface area contributed by atoms with Gasteiger partial charge in [0.2, 0.25) is 0 Å². The Hall–Kier alpha value is -0.680. The molecule has 0 aromatic carbocycles. The summed E-state index contributed by atoms with van der Waals surface area (Å²) in [7, 11) is 0. The molecule has 0 aliphatic heterocycles. The zero-order valence-corrected chi connectivity index (χ0v) is 6.81. The van der Waals surface area contributed by atoms with E-state index in [1.165, 1.54) is 20.8 Å². The minimum Gasteiger partial charge on any atom is -0.386 e. The van der Waals surface area contributed by atoms with Gasteiger partial charge in [-0.05, 0) is 13.8 Å². The lowest BCUT2D eigenvalue weighted by atomic mass is 9.91. The van der Waals surface area contributed by atoms with Gasteiger partial charge in [-0.1, -0.05) is 0 Å². The summed E-state index contributed by atoms with van der Waals surface area (Å²) in [5.41, 5.74) is -1.67. The summed E-state index contributed by atoms with van der Waals surface area (Å²) >= 11 is 0. The second-order valence-corrected chi connectivity index (χ2v) is 2.83. The maximum Gasteiger partial charge on any atom is 0.269 e. The molecule has 0 bridgehead atoms. The molecule has 0 spiro atoms. The highest BCUT2D eigenvalue weighted by molar-refractivity contribution is 4.84. The average molecular weight is 163 g/mol. The van der Waals surface area contributed by atoms with Crippen LogP contribution in [0.5, 0.6) is 0 Å². The van der Waals surface area contributed by atoms with Crippen molar-refractivity contribution >= 4 is 0 Å². The lowest BCUT2D eigenvalue weighted by Crippen LogP contribution is -2.53. The predicted octanol–water partition coefficient (Wildman–Crippen LogP) is -0.217. The Kier molecular flexibility index (Phi) is 2.95. The molecule has 0 unspecified atom stereocenters. The van der Waals surface area contributed by atoms with E-state index >= 15 is 0 Å². The molecule has 0 aliphatic rings. The third-order valence-electron chi connectivity index (χ3n) is 2.09. The Morgan fingerprint density at radius 2 is 1.64 bits per heavy atom. The standard InChI is InChI=1S/C6H13NO4/c1-4(8)6(3,5(2)9)7(10)11/h4-5,8-9H,1-3H3/t4-,5-/m1/s1. The van der Waals surface area contributed by atoms with E-state index in [1.54, 1.807) is 0 Å². The van der Waals surface area contributed by atoms with Crippen LogP contribution in [0.4, 0.5) is 0 Å². The summed E-state index contributed by atoms with van der Waals surface area (Å²) in [6, 6.07) is 0. The third-order valence-corrected chi connectivity index (χ3v) is 2.09. The van der Waals surface area contributed by atoms with E-state index in [4.69, 9.17) is 10.2 Å². The van der Waals surface area contributed by atoms with Gasteiger partial charge in [0, 0.05) is 11.8 Å². The van der Waals surface area contributed by atoms with Crippen LogP contribution in [0.25, 0.3) is 0 Å². The van der Waals surface area contributed by atoms with Gasteiger partial charge in [-0.15, -0.1) is 0 Å². The fourth-order valence-corrected chi connectivity index (χ4v) is 0.654. The van der Waals surface area contributed by atoms with Crippen LogP contribution < -0.4 is 0 Å². The van der Waals surface area contributed by atoms with Crippen LogP contribution >= 0.6 is 0 Å². The Bertz CT molecular complexity index is 147. The molecule has 0 aromatic rings. The molecule has 2 N–H and O–H groups in total. The molecule has 66 valence electrons. The lowest BCUT2D eigenvalue weighted by molar-refractivity contribution is -0.589. The summed E-state index contributed by atoms with van der Waals surface area (Å²) in [5, 5.41) is 28.4. The first-order chi connectivity index (χ1) is 4.83. The monoisotopic (exact) mass is 163 g/mol. The van der Waals surface area contributed by atoms with Crippen molar-refractivity contribution in [2.45, 2.75) is 38.5 Å². The number of aliphatic hydroxyl groups excluding tert-OH is 2. The zero-order valence-electron chi connectivity index (χ0n) is 6.81. The number of nitro groups is 1. The Labute approximate surface area is 64.8 Å². The van der Waals surface area contributed by atoms with Crippen molar-refractivity contribution in [1.82, 2.24) is 0 Å². The van der Waals surface area contributed by atoms with Gasteiger partial charge in [-0.3, -0.25) is 10.1 Å². The molecule has 0 rings (SSSR count). The smallest absolute Gasteiger partial charge is 0.269 e. The quantitative estimate of drug-likeness (QED) is 0.445. The predicted molar refractivity (Wildman–Crippen MR) is 38.8 cm³/mol. The van der Waals surface area contributed by atoms with Crippen LogP contribution in [0, 0.1) is 10.1 Å². The molecular formula is C6H13NO4. The second-order valence-electron chi connectivity index (χ2n) is 2.83. The summed E-state index contributed by atoms with van der Waals surface area (Å²) in [6.07, 6.45) is -2.34. The van der Waals surface area contributed by atoms with Gasteiger partial charge < -0.3 is 10.2 Å². The summed E-state index contributed by atoms with van der Waals surface area (Å²) < 4.78 is 0. The highest BCUT2D eigenvalue weighted by Gasteiger charge is 2.47. The van der Waals surface area contributed by atoms with Crippen LogP contribution in [0.1, 0.15) is 20.8 Å². The van der Waals surface area contributed by atoms with Crippen LogP contribution in [0.2, 0.25) is 0 Å². The van der Waals surface area contributed by atoms with Gasteiger partial charge in [0.25, 0.3) is 5.54 Å². The van der Waals surface area contributed by atoms with Crippen molar-refractivity contribution in [2.75, 3.05) is 0 Å². The molecule has 0 radical (unpaired) electrons. The van der Waals surface area contributed by atoms with E-state index in [-0.39, 0.29) is 0 Å². The summed E-state index contributed by atoms with van der Waals surface area (Å²) in [5.74, 6) is 0. The summed E-state index contributed by atoms with van der Waals surface area (Å²) in [6.45, 7) is 3.79. The first-order valence-corrected chi connectivity index (χ1v) is 3.34. The fourth-order valence-electron chi connectivity index (χ4n) is 0.654. The molecule has 0 aliphatic carbocycles. The van der Waals surface area contributed by atoms with E-state index in [0.717, 1.165) is 0 Å². The zero-order chi connectivity index (χ0) is 9.23. The number of hydrogen-bond acceptors (Lipinski definition) is 4. The normalized spacial score (nSPS) is 17.5. The Morgan fingerprint density at radius 1 is 1.36 bits per heavy atom. The number of hydrogen-bond donors (Lipinski definition) is 2. The van der Waals surface area contributed by atoms with E-state index in [2.05, 4.69) is 0 Å². The molecular weight excluding hydrogens is 150 g/mol. The first kappa shape index (κ1) is 10.3. The van der Waals surface area contributed by atoms with Crippen molar-refractivity contribution in [2.24, 2.45) is 0 Å². The molecule has 0 saturated heterocycles. The first-order valence-electron chi connectivity index (χ1n) is 3.34. The van der Waals surface area contributed by atoms with Crippen LogP contribution in [0.3, 0.4) is 0 Å². The highest BCUT2D eigenvalue weighted by atomic mass is 16.6. The Balaban J connectivity index is 4.67. The van der Waals surface area contributed by atoms with Gasteiger partial charge in [-0.2, -0.15) is 0 Å². The van der Waals surface area contributed by atoms with Gasteiger partial charge in [0.05, 0.1) is 0 Å². The maximum absolute atomic E-state index is 10.4. The topological polar surface area (TPSA) is 83.6 Å². The fraction of sp³-hybridized carbons (Fsp3) is 1.00. The van der Waals surface area contributed by atoms with E-state index < -0.39 is 22.7 Å². The number of rotatable bonds is 3. The molecule has 0 aromatic heterocycles. The van der Waals surface area contributed by atoms with Crippen molar-refractivity contribution < 1.29 is 15.1 Å². The minimum atomic E-state index is -1.67. The molecule has 11 heavy (non-hydrogen) atoms. The molecule has 5 nitrogen and oxygen atoms in total. The number of nitrogens with zero attached hydrogens (tertiary/aromatic N) is 1. The van der Waals surface area contributed by atoms with Crippen molar-refractivity contribution in [3.05, 3.63) is 10.1 Å². The second kappa shape index (κ2) is 3.15. The Morgan fingerprint density at radius 3 is 1.64 bits per heavy atom. The van der Waals surface area contributed by atoms with Crippen molar-refractivity contribution in [3.8, 4) is 0 Å². The molecule has 0 saturated carbocycles. The van der Waals surface area contributed by atoms with E-state index in [1.807, 2.05) is 0 Å². The van der Waals surface area contributed by atoms with Gasteiger partial charge in [0.15, 0.2) is 0 Å². The van der Waals surface area contributed by atoms with Gasteiger partial charge in [-0.25, -0.2) is 0 Å². The maximum atomic E-state index is 10.4.